The van der Waals surface area contributed by atoms with Crippen LogP contribution in [0.25, 0.3) is 0 Å². The summed E-state index contributed by atoms with van der Waals surface area (Å²) in [7, 11) is 0. The van der Waals surface area contributed by atoms with E-state index in [4.69, 9.17) is 5.84 Å². The number of nitrogens with one attached hydrogen (secondary N) is 1. The van der Waals surface area contributed by atoms with Gasteiger partial charge in [-0.15, -0.1) is 0 Å². The summed E-state index contributed by atoms with van der Waals surface area (Å²) in [6.07, 6.45) is 5.52. The van der Waals surface area contributed by atoms with Gasteiger partial charge < -0.3 is 4.90 Å². The molecule has 1 unspecified atom stereocenters. The first-order valence-corrected chi connectivity index (χ1v) is 6.02. The predicted molar refractivity (Wildman–Crippen MR) is 65.1 cm³/mol. The summed E-state index contributed by atoms with van der Waals surface area (Å²) in [6, 6.07) is 0.360. The molecule has 0 saturated carbocycles. The molecule has 0 aromatic carbocycles. The molecule has 0 spiro atoms. The van der Waals surface area contributed by atoms with Crippen molar-refractivity contribution in [2.24, 2.45) is 5.84 Å². The Bertz CT molecular complexity index is 384. The second kappa shape index (κ2) is 5.27. The molecule has 1 fully saturated rings. The molecule has 1 saturated heterocycles. The minimum Gasteiger partial charge on any atom is -0.351 e. The smallest absolute Gasteiger partial charge is 0.239 e. The topological polar surface area (TPSA) is 67.1 Å². The van der Waals surface area contributed by atoms with Gasteiger partial charge in [0, 0.05) is 12.6 Å². The first-order chi connectivity index (χ1) is 8.26. The summed E-state index contributed by atoms with van der Waals surface area (Å²) in [5, 5.41) is 0. The van der Waals surface area contributed by atoms with E-state index in [1.165, 1.54) is 12.6 Å². The molecule has 3 N–H and O–H groups in total. The van der Waals surface area contributed by atoms with Gasteiger partial charge in [-0.1, -0.05) is 6.92 Å². The Kier molecular flexibility index (Phi) is 3.73. The zero-order valence-electron chi connectivity index (χ0n) is 9.99. The summed E-state index contributed by atoms with van der Waals surface area (Å²) in [5.41, 5.74) is 2.35. The zero-order chi connectivity index (χ0) is 12.3. The number of halogens is 1. The van der Waals surface area contributed by atoms with Crippen LogP contribution in [-0.2, 0) is 0 Å². The molecule has 0 aliphatic carbocycles. The Morgan fingerprint density at radius 3 is 3.12 bits per heavy atom. The maximum atomic E-state index is 13.8. The van der Waals surface area contributed by atoms with Gasteiger partial charge in [-0.25, -0.2) is 15.2 Å². The first-order valence-electron chi connectivity index (χ1n) is 6.02. The fourth-order valence-corrected chi connectivity index (χ4v) is 2.33. The third-order valence-corrected chi connectivity index (χ3v) is 3.23. The Morgan fingerprint density at radius 2 is 2.41 bits per heavy atom. The normalized spacial score (nSPS) is 20.4. The molecular weight excluding hydrogens is 221 g/mol. The summed E-state index contributed by atoms with van der Waals surface area (Å²) in [5.74, 6) is 5.48. The maximum absolute atomic E-state index is 13.8. The van der Waals surface area contributed by atoms with Crippen molar-refractivity contribution in [1.29, 1.82) is 0 Å². The van der Waals surface area contributed by atoms with Gasteiger partial charge in [-0.05, 0) is 25.7 Å². The van der Waals surface area contributed by atoms with Crippen molar-refractivity contribution in [2.75, 3.05) is 16.9 Å². The summed E-state index contributed by atoms with van der Waals surface area (Å²) >= 11 is 0. The summed E-state index contributed by atoms with van der Waals surface area (Å²) in [6.45, 7) is 2.96. The van der Waals surface area contributed by atoms with Gasteiger partial charge in [0.05, 0.1) is 6.20 Å². The Hall–Kier alpha value is -1.43. The number of nitrogens with two attached hydrogens (primary N) is 1. The maximum Gasteiger partial charge on any atom is 0.239 e. The molecule has 1 aliphatic heterocycles. The molecule has 1 aromatic rings. The molecule has 0 bridgehead atoms. The van der Waals surface area contributed by atoms with E-state index in [-0.39, 0.29) is 11.8 Å². The number of hydrogen-bond donors (Lipinski definition) is 2. The van der Waals surface area contributed by atoms with Crippen molar-refractivity contribution >= 4 is 11.8 Å². The van der Waals surface area contributed by atoms with Crippen LogP contribution >= 0.6 is 0 Å². The number of hydrazine groups is 1. The lowest BCUT2D eigenvalue weighted by molar-refractivity contribution is 0.438. The quantitative estimate of drug-likeness (QED) is 0.620. The van der Waals surface area contributed by atoms with Crippen molar-refractivity contribution < 1.29 is 4.39 Å². The van der Waals surface area contributed by atoms with E-state index in [9.17, 15) is 4.39 Å². The monoisotopic (exact) mass is 239 g/mol. The van der Waals surface area contributed by atoms with Crippen LogP contribution in [0.5, 0.6) is 0 Å². The van der Waals surface area contributed by atoms with E-state index >= 15 is 0 Å². The largest absolute Gasteiger partial charge is 0.351 e. The summed E-state index contributed by atoms with van der Waals surface area (Å²) in [4.78, 5) is 9.90. The van der Waals surface area contributed by atoms with Crippen LogP contribution in [0.3, 0.4) is 0 Å². The van der Waals surface area contributed by atoms with Crippen LogP contribution in [0.15, 0.2) is 6.20 Å². The van der Waals surface area contributed by atoms with Crippen molar-refractivity contribution in [2.45, 2.75) is 38.6 Å². The van der Waals surface area contributed by atoms with Crippen molar-refractivity contribution in [3.8, 4) is 0 Å². The lowest BCUT2D eigenvalue weighted by Gasteiger charge is -2.36. The highest BCUT2D eigenvalue weighted by Gasteiger charge is 2.24. The number of nitrogen functional groups attached to an aromatic ring is 1. The average Bonchev–Trinajstić information content (AvgIpc) is 2.39. The Labute approximate surface area is 100 Å². The van der Waals surface area contributed by atoms with E-state index in [0.717, 1.165) is 25.8 Å². The zero-order valence-corrected chi connectivity index (χ0v) is 9.99. The third-order valence-electron chi connectivity index (χ3n) is 3.23. The molecular formula is C11H18FN5. The van der Waals surface area contributed by atoms with E-state index in [1.54, 1.807) is 0 Å². The molecule has 17 heavy (non-hydrogen) atoms. The van der Waals surface area contributed by atoms with E-state index in [1.807, 2.05) is 4.90 Å². The van der Waals surface area contributed by atoms with E-state index < -0.39 is 0 Å². The third kappa shape index (κ3) is 2.46. The number of aromatic nitrogens is 2. The average molecular weight is 239 g/mol. The van der Waals surface area contributed by atoms with Crippen LogP contribution in [0.4, 0.5) is 16.2 Å². The van der Waals surface area contributed by atoms with Gasteiger partial charge >= 0.3 is 0 Å². The van der Waals surface area contributed by atoms with E-state index in [2.05, 4.69) is 22.3 Å². The van der Waals surface area contributed by atoms with Gasteiger partial charge in [0.25, 0.3) is 0 Å². The first kappa shape index (κ1) is 12.0. The second-order valence-electron chi connectivity index (χ2n) is 4.26. The minimum atomic E-state index is -0.385. The van der Waals surface area contributed by atoms with Gasteiger partial charge in [-0.3, -0.25) is 5.43 Å². The van der Waals surface area contributed by atoms with Crippen molar-refractivity contribution in [3.63, 3.8) is 0 Å². The molecule has 1 atom stereocenters. The predicted octanol–water partition coefficient (Wildman–Crippen LogP) is 1.67. The molecule has 1 aromatic heterocycles. The van der Waals surface area contributed by atoms with Crippen LogP contribution in [0, 0.1) is 5.82 Å². The van der Waals surface area contributed by atoms with E-state index in [0.29, 0.717) is 11.9 Å². The molecule has 0 amide bonds. The molecule has 1 aliphatic rings. The lowest BCUT2D eigenvalue weighted by atomic mass is 10.00. The SMILES string of the molecule is CCC1CCCCN1c1nc(NN)ncc1F. The number of rotatable bonds is 3. The highest BCUT2D eigenvalue weighted by molar-refractivity contribution is 5.45. The van der Waals surface area contributed by atoms with Crippen LogP contribution in [0.2, 0.25) is 0 Å². The van der Waals surface area contributed by atoms with Crippen molar-refractivity contribution in [1.82, 2.24) is 9.97 Å². The molecule has 94 valence electrons. The van der Waals surface area contributed by atoms with Gasteiger partial charge in [0.2, 0.25) is 5.95 Å². The van der Waals surface area contributed by atoms with Crippen LogP contribution < -0.4 is 16.2 Å². The summed E-state index contributed by atoms with van der Waals surface area (Å²) < 4.78 is 13.8. The Balaban J connectivity index is 2.30. The van der Waals surface area contributed by atoms with Gasteiger partial charge in [-0.2, -0.15) is 4.98 Å². The molecule has 2 rings (SSSR count). The molecule has 5 nitrogen and oxygen atoms in total. The fraction of sp³-hybridized carbons (Fsp3) is 0.636. The molecule has 2 heterocycles. The highest BCUT2D eigenvalue weighted by atomic mass is 19.1. The standard InChI is InChI=1S/C11H18FN5/c1-2-8-5-3-4-6-17(8)10-9(12)7-14-11(15-10)16-13/h7-8H,2-6,13H2,1H3,(H,14,15,16). The molecule has 6 heteroatoms. The molecule has 0 radical (unpaired) electrons. The highest BCUT2D eigenvalue weighted by Crippen LogP contribution is 2.27. The van der Waals surface area contributed by atoms with Crippen molar-refractivity contribution in [3.05, 3.63) is 12.0 Å². The van der Waals surface area contributed by atoms with Crippen LogP contribution in [0.1, 0.15) is 32.6 Å². The minimum absolute atomic E-state index is 0.252. The van der Waals surface area contributed by atoms with Gasteiger partial charge in [0.1, 0.15) is 0 Å². The van der Waals surface area contributed by atoms with Crippen LogP contribution in [-0.4, -0.2) is 22.6 Å². The number of nitrogens with zero attached hydrogens (tertiary/aromatic N) is 3. The number of piperidine rings is 1. The lowest BCUT2D eigenvalue weighted by Crippen LogP contribution is -2.40. The van der Waals surface area contributed by atoms with Gasteiger partial charge in [0.15, 0.2) is 11.6 Å². The second-order valence-corrected chi connectivity index (χ2v) is 4.26. The number of anilines is 2. The Morgan fingerprint density at radius 1 is 1.59 bits per heavy atom. The number of hydrogen-bond acceptors (Lipinski definition) is 5. The fourth-order valence-electron chi connectivity index (χ4n) is 2.33.